The molecule has 1 fully saturated rings. The highest BCUT2D eigenvalue weighted by Crippen LogP contribution is 2.22. The molecule has 3 rings (SSSR count). The molecule has 7 nitrogen and oxygen atoms in total. The molecule has 0 radical (unpaired) electrons. The number of nitrogens with one attached hydrogen (secondary N) is 1. The van der Waals surface area contributed by atoms with Crippen LogP contribution in [0.3, 0.4) is 0 Å². The molecule has 8 heteroatoms. The van der Waals surface area contributed by atoms with Gasteiger partial charge in [-0.15, -0.1) is 0 Å². The minimum absolute atomic E-state index is 0.113. The minimum Gasteiger partial charge on any atom is -0.356 e. The van der Waals surface area contributed by atoms with E-state index in [1.807, 2.05) is 37.3 Å². The van der Waals surface area contributed by atoms with Gasteiger partial charge in [0.15, 0.2) is 0 Å². The van der Waals surface area contributed by atoms with E-state index in [1.54, 1.807) is 17.9 Å². The number of hydrogen-bond acceptors (Lipinski definition) is 4. The van der Waals surface area contributed by atoms with Gasteiger partial charge in [-0.3, -0.25) is 9.59 Å². The van der Waals surface area contributed by atoms with Crippen molar-refractivity contribution in [1.82, 2.24) is 14.5 Å². The van der Waals surface area contributed by atoms with E-state index in [0.29, 0.717) is 30.1 Å². The fourth-order valence-electron chi connectivity index (χ4n) is 3.93. The number of carbonyl (C=O) groups is 2. The monoisotopic (exact) mass is 471 g/mol. The van der Waals surface area contributed by atoms with E-state index in [0.717, 1.165) is 18.4 Å². The third-order valence-electron chi connectivity index (χ3n) is 5.93. The third kappa shape index (κ3) is 6.88. The SMILES string of the molecule is Cc1ccc(C)c(S(=O)(=O)N2CCN(C(=O)CCC(=O)NCCCc3ccccc3)CC2)c1. The van der Waals surface area contributed by atoms with E-state index < -0.39 is 10.0 Å². The second kappa shape index (κ2) is 11.4. The molecular weight excluding hydrogens is 438 g/mol. The van der Waals surface area contributed by atoms with Gasteiger partial charge in [-0.1, -0.05) is 42.5 Å². The molecule has 1 saturated heterocycles. The molecule has 1 N–H and O–H groups in total. The number of carbonyl (C=O) groups excluding carboxylic acids is 2. The molecule has 0 aromatic heterocycles. The van der Waals surface area contributed by atoms with Crippen molar-refractivity contribution >= 4 is 21.8 Å². The molecule has 1 aliphatic rings. The van der Waals surface area contributed by atoms with Crippen LogP contribution in [-0.4, -0.2) is 62.2 Å². The summed E-state index contributed by atoms with van der Waals surface area (Å²) in [5.41, 5.74) is 2.85. The zero-order valence-corrected chi connectivity index (χ0v) is 20.2. The Balaban J connectivity index is 1.39. The minimum atomic E-state index is -3.59. The first-order valence-electron chi connectivity index (χ1n) is 11.4. The van der Waals surface area contributed by atoms with Crippen LogP contribution >= 0.6 is 0 Å². The lowest BCUT2D eigenvalue weighted by Gasteiger charge is -2.34. The van der Waals surface area contributed by atoms with Crippen molar-refractivity contribution < 1.29 is 18.0 Å². The first-order valence-corrected chi connectivity index (χ1v) is 12.9. The smallest absolute Gasteiger partial charge is 0.243 e. The zero-order valence-electron chi connectivity index (χ0n) is 19.4. The number of piperazine rings is 1. The second-order valence-electron chi connectivity index (χ2n) is 8.49. The number of benzene rings is 2. The summed E-state index contributed by atoms with van der Waals surface area (Å²) in [6.07, 6.45) is 2.02. The van der Waals surface area contributed by atoms with Crippen LogP contribution in [0.4, 0.5) is 0 Å². The Morgan fingerprint density at radius 1 is 0.939 bits per heavy atom. The van der Waals surface area contributed by atoms with E-state index in [9.17, 15) is 18.0 Å². The van der Waals surface area contributed by atoms with Crippen molar-refractivity contribution in [2.24, 2.45) is 0 Å². The van der Waals surface area contributed by atoms with Crippen molar-refractivity contribution in [3.63, 3.8) is 0 Å². The molecule has 0 bridgehead atoms. The van der Waals surface area contributed by atoms with Crippen LogP contribution in [0.15, 0.2) is 53.4 Å². The van der Waals surface area contributed by atoms with Gasteiger partial charge in [0.1, 0.15) is 0 Å². The molecule has 1 aliphatic heterocycles. The van der Waals surface area contributed by atoms with E-state index in [2.05, 4.69) is 17.4 Å². The predicted octanol–water partition coefficient (Wildman–Crippen LogP) is 2.67. The molecule has 0 atom stereocenters. The summed E-state index contributed by atoms with van der Waals surface area (Å²) in [6, 6.07) is 15.5. The van der Waals surface area contributed by atoms with Crippen LogP contribution in [0, 0.1) is 13.8 Å². The predicted molar refractivity (Wildman–Crippen MR) is 128 cm³/mol. The van der Waals surface area contributed by atoms with Gasteiger partial charge >= 0.3 is 0 Å². The molecule has 0 unspecified atom stereocenters. The quantitative estimate of drug-likeness (QED) is 0.570. The van der Waals surface area contributed by atoms with Gasteiger partial charge in [0.05, 0.1) is 4.90 Å². The van der Waals surface area contributed by atoms with Gasteiger partial charge in [0, 0.05) is 45.6 Å². The maximum Gasteiger partial charge on any atom is 0.243 e. The van der Waals surface area contributed by atoms with Gasteiger partial charge < -0.3 is 10.2 Å². The molecule has 2 aromatic carbocycles. The fraction of sp³-hybridized carbons (Fsp3) is 0.440. The summed E-state index contributed by atoms with van der Waals surface area (Å²) in [6.45, 7) is 5.42. The van der Waals surface area contributed by atoms with Gasteiger partial charge in [0.25, 0.3) is 0 Å². The van der Waals surface area contributed by atoms with E-state index in [4.69, 9.17) is 0 Å². The van der Waals surface area contributed by atoms with Gasteiger partial charge in [0.2, 0.25) is 21.8 Å². The molecule has 2 aromatic rings. The number of sulfonamides is 1. The number of aryl methyl sites for hydroxylation is 3. The summed E-state index contributed by atoms with van der Waals surface area (Å²) < 4.78 is 27.5. The second-order valence-corrected chi connectivity index (χ2v) is 10.4. The van der Waals surface area contributed by atoms with Crippen molar-refractivity contribution in [3.05, 3.63) is 65.2 Å². The normalized spacial score (nSPS) is 14.8. The Morgan fingerprint density at radius 3 is 2.33 bits per heavy atom. The summed E-state index contributed by atoms with van der Waals surface area (Å²) >= 11 is 0. The summed E-state index contributed by atoms with van der Waals surface area (Å²) in [7, 11) is -3.59. The Labute approximate surface area is 196 Å². The van der Waals surface area contributed by atoms with Crippen LogP contribution in [0.5, 0.6) is 0 Å². The van der Waals surface area contributed by atoms with Gasteiger partial charge in [-0.05, 0) is 49.4 Å². The van der Waals surface area contributed by atoms with Crippen molar-refractivity contribution in [2.75, 3.05) is 32.7 Å². The van der Waals surface area contributed by atoms with Crippen LogP contribution in [0.1, 0.15) is 36.0 Å². The highest BCUT2D eigenvalue weighted by Gasteiger charge is 2.31. The molecule has 0 aliphatic carbocycles. The summed E-state index contributed by atoms with van der Waals surface area (Å²) in [4.78, 5) is 26.6. The standard InChI is InChI=1S/C25H33N3O4S/c1-20-10-11-21(2)23(19-20)33(31,32)28-17-15-27(16-18-28)25(30)13-12-24(29)26-14-6-9-22-7-4-3-5-8-22/h3-5,7-8,10-11,19H,6,9,12-18H2,1-2H3,(H,26,29). The third-order valence-corrected chi connectivity index (χ3v) is 7.97. The number of rotatable bonds is 9. The molecular formula is C25H33N3O4S. The van der Waals surface area contributed by atoms with E-state index >= 15 is 0 Å². The van der Waals surface area contributed by atoms with Crippen molar-refractivity contribution in [1.29, 1.82) is 0 Å². The maximum atomic E-state index is 13.0. The lowest BCUT2D eigenvalue weighted by Crippen LogP contribution is -2.50. The van der Waals surface area contributed by atoms with Crippen LogP contribution in [0.2, 0.25) is 0 Å². The lowest BCUT2D eigenvalue weighted by molar-refractivity contribution is -0.134. The average Bonchev–Trinajstić information content (AvgIpc) is 2.82. The maximum absolute atomic E-state index is 13.0. The Morgan fingerprint density at radius 2 is 1.64 bits per heavy atom. The molecule has 178 valence electrons. The first-order chi connectivity index (χ1) is 15.8. The van der Waals surface area contributed by atoms with E-state index in [-0.39, 0.29) is 37.7 Å². The molecule has 2 amide bonds. The van der Waals surface area contributed by atoms with E-state index in [1.165, 1.54) is 9.87 Å². The van der Waals surface area contributed by atoms with Crippen molar-refractivity contribution in [2.45, 2.75) is 44.4 Å². The largest absolute Gasteiger partial charge is 0.356 e. The average molecular weight is 472 g/mol. The lowest BCUT2D eigenvalue weighted by atomic mass is 10.1. The highest BCUT2D eigenvalue weighted by molar-refractivity contribution is 7.89. The topological polar surface area (TPSA) is 86.8 Å². The Bertz CT molecular complexity index is 1060. The summed E-state index contributed by atoms with van der Waals surface area (Å²) in [5.74, 6) is -0.245. The molecule has 0 spiro atoms. The van der Waals surface area contributed by atoms with Crippen LogP contribution in [0.25, 0.3) is 0 Å². The van der Waals surface area contributed by atoms with Crippen molar-refractivity contribution in [3.8, 4) is 0 Å². The molecule has 0 saturated carbocycles. The Hall–Kier alpha value is -2.71. The van der Waals surface area contributed by atoms with Crippen LogP contribution < -0.4 is 5.32 Å². The van der Waals surface area contributed by atoms with Crippen LogP contribution in [-0.2, 0) is 26.0 Å². The first kappa shape index (κ1) is 24.9. The van der Waals surface area contributed by atoms with Gasteiger partial charge in [-0.25, -0.2) is 8.42 Å². The number of amides is 2. The zero-order chi connectivity index (χ0) is 23.8. The number of nitrogens with zero attached hydrogens (tertiary/aromatic N) is 2. The highest BCUT2D eigenvalue weighted by atomic mass is 32.2. The Kier molecular flexibility index (Phi) is 8.63. The van der Waals surface area contributed by atoms with Gasteiger partial charge in [-0.2, -0.15) is 4.31 Å². The fourth-order valence-corrected chi connectivity index (χ4v) is 5.67. The summed E-state index contributed by atoms with van der Waals surface area (Å²) in [5, 5.41) is 2.87. The number of hydrogen-bond donors (Lipinski definition) is 1. The molecule has 1 heterocycles. The molecule has 33 heavy (non-hydrogen) atoms.